The van der Waals surface area contributed by atoms with Crippen LogP contribution in [0, 0.1) is 5.82 Å². The molecule has 1 rings (SSSR count). The molecule has 0 aromatic heterocycles. The van der Waals surface area contributed by atoms with Crippen LogP contribution < -0.4 is 5.32 Å². The average Bonchev–Trinajstić information content (AvgIpc) is 2.19. The van der Waals surface area contributed by atoms with Crippen LogP contribution in [0.2, 0.25) is 5.02 Å². The Morgan fingerprint density at radius 3 is 2.93 bits per heavy atom. The fourth-order valence-corrected chi connectivity index (χ4v) is 1.11. The largest absolute Gasteiger partial charge is 0.348 e. The van der Waals surface area contributed by atoms with Crippen LogP contribution in [-0.4, -0.2) is 5.91 Å². The molecule has 1 aromatic rings. The highest BCUT2D eigenvalue weighted by atomic mass is 35.5. The van der Waals surface area contributed by atoms with E-state index in [0.717, 1.165) is 5.56 Å². The number of benzene rings is 1. The van der Waals surface area contributed by atoms with Crippen LogP contribution in [0.4, 0.5) is 4.39 Å². The van der Waals surface area contributed by atoms with Gasteiger partial charge in [0.1, 0.15) is 5.82 Å². The quantitative estimate of drug-likeness (QED) is 0.767. The van der Waals surface area contributed by atoms with Crippen molar-refractivity contribution in [2.24, 2.45) is 0 Å². The fraction of sp³-hybridized carbons (Fsp3) is 0.100. The zero-order valence-electron chi connectivity index (χ0n) is 7.39. The highest BCUT2D eigenvalue weighted by molar-refractivity contribution is 6.30. The fourth-order valence-electron chi connectivity index (χ4n) is 0.911. The van der Waals surface area contributed by atoms with E-state index in [1.165, 1.54) is 18.2 Å². The predicted octanol–water partition coefficient (Wildman–Crippen LogP) is 2.28. The van der Waals surface area contributed by atoms with Gasteiger partial charge in [-0.3, -0.25) is 4.79 Å². The molecule has 0 unspecified atom stereocenters. The Kier molecular flexibility index (Phi) is 3.65. The summed E-state index contributed by atoms with van der Waals surface area (Å²) in [5, 5.41) is 2.61. The Bertz CT molecular complexity index is 365. The highest BCUT2D eigenvalue weighted by Crippen LogP contribution is 2.15. The summed E-state index contributed by atoms with van der Waals surface area (Å²) in [7, 11) is 0. The summed E-state index contributed by atoms with van der Waals surface area (Å²) in [4.78, 5) is 10.8. The third-order valence-electron chi connectivity index (χ3n) is 1.64. The van der Waals surface area contributed by atoms with Gasteiger partial charge in [-0.15, -0.1) is 0 Å². The molecule has 0 fully saturated rings. The molecule has 1 aromatic carbocycles. The van der Waals surface area contributed by atoms with Crippen LogP contribution in [0.25, 0.3) is 0 Å². The molecule has 0 saturated heterocycles. The number of rotatable bonds is 3. The van der Waals surface area contributed by atoms with Gasteiger partial charge in [-0.2, -0.15) is 0 Å². The molecule has 0 saturated carbocycles. The van der Waals surface area contributed by atoms with Crippen LogP contribution in [-0.2, 0) is 11.3 Å². The van der Waals surface area contributed by atoms with Crippen molar-refractivity contribution in [2.75, 3.05) is 0 Å². The Labute approximate surface area is 86.4 Å². The molecule has 14 heavy (non-hydrogen) atoms. The second-order valence-corrected chi connectivity index (χ2v) is 3.08. The summed E-state index contributed by atoms with van der Waals surface area (Å²) in [6.45, 7) is 3.62. The van der Waals surface area contributed by atoms with Crippen molar-refractivity contribution in [2.45, 2.75) is 6.54 Å². The molecule has 0 bridgehead atoms. The lowest BCUT2D eigenvalue weighted by Crippen LogP contribution is -2.19. The first-order valence-corrected chi connectivity index (χ1v) is 4.35. The Hall–Kier alpha value is -1.35. The molecule has 1 N–H and O–H groups in total. The molecule has 0 aliphatic carbocycles. The van der Waals surface area contributed by atoms with Gasteiger partial charge >= 0.3 is 0 Å². The number of carbonyl (C=O) groups excluding carboxylic acids is 1. The maximum absolute atomic E-state index is 12.7. The lowest BCUT2D eigenvalue weighted by atomic mass is 10.2. The molecule has 0 spiro atoms. The number of nitrogens with one attached hydrogen (secondary N) is 1. The van der Waals surface area contributed by atoms with Gasteiger partial charge in [-0.25, -0.2) is 4.39 Å². The van der Waals surface area contributed by atoms with Gasteiger partial charge in [0.15, 0.2) is 0 Å². The standard InChI is InChI=1S/C10H9ClFNO/c1-2-10(14)13-6-7-3-4-9(12)8(11)5-7/h2-5H,1,6H2,(H,13,14). The number of hydrogen-bond acceptors (Lipinski definition) is 1. The third-order valence-corrected chi connectivity index (χ3v) is 1.93. The number of carbonyl (C=O) groups is 1. The van der Waals surface area contributed by atoms with Gasteiger partial charge in [-0.05, 0) is 23.8 Å². The summed E-state index contributed by atoms with van der Waals surface area (Å²) >= 11 is 5.56. The molecule has 0 aliphatic rings. The van der Waals surface area contributed by atoms with Crippen molar-refractivity contribution in [1.29, 1.82) is 0 Å². The molecule has 0 heterocycles. The number of halogens is 2. The zero-order chi connectivity index (χ0) is 10.6. The molecule has 2 nitrogen and oxygen atoms in total. The van der Waals surface area contributed by atoms with Gasteiger partial charge in [0.2, 0.25) is 5.91 Å². The molecule has 74 valence electrons. The average molecular weight is 214 g/mol. The molecule has 4 heteroatoms. The summed E-state index contributed by atoms with van der Waals surface area (Å²) in [5.41, 5.74) is 0.742. The van der Waals surface area contributed by atoms with Gasteiger partial charge < -0.3 is 5.32 Å². The lowest BCUT2D eigenvalue weighted by molar-refractivity contribution is -0.116. The Balaban J connectivity index is 2.64. The van der Waals surface area contributed by atoms with Crippen molar-refractivity contribution < 1.29 is 9.18 Å². The van der Waals surface area contributed by atoms with E-state index in [9.17, 15) is 9.18 Å². The molecule has 0 aliphatic heterocycles. The van der Waals surface area contributed by atoms with Crippen molar-refractivity contribution in [1.82, 2.24) is 5.32 Å². The first kappa shape index (κ1) is 10.7. The van der Waals surface area contributed by atoms with Crippen molar-refractivity contribution in [3.8, 4) is 0 Å². The highest BCUT2D eigenvalue weighted by Gasteiger charge is 2.01. The van der Waals surface area contributed by atoms with E-state index in [2.05, 4.69) is 11.9 Å². The molecular formula is C10H9ClFNO. The third kappa shape index (κ3) is 2.85. The monoisotopic (exact) mass is 213 g/mol. The summed E-state index contributed by atoms with van der Waals surface area (Å²) in [5.74, 6) is -0.740. The molecule has 1 amide bonds. The maximum atomic E-state index is 12.7. The second kappa shape index (κ2) is 4.77. The van der Waals surface area contributed by atoms with Crippen LogP contribution >= 0.6 is 11.6 Å². The molecular weight excluding hydrogens is 205 g/mol. The van der Waals surface area contributed by atoms with Gasteiger partial charge in [-0.1, -0.05) is 24.2 Å². The molecule has 0 radical (unpaired) electrons. The van der Waals surface area contributed by atoms with Crippen LogP contribution in [0.15, 0.2) is 30.9 Å². The van der Waals surface area contributed by atoms with Crippen LogP contribution in [0.3, 0.4) is 0 Å². The summed E-state index contributed by atoms with van der Waals surface area (Å²) in [6, 6.07) is 4.29. The van der Waals surface area contributed by atoms with Crippen LogP contribution in [0.5, 0.6) is 0 Å². The van der Waals surface area contributed by atoms with Gasteiger partial charge in [0, 0.05) is 6.54 Å². The first-order chi connectivity index (χ1) is 6.63. The van der Waals surface area contributed by atoms with Crippen molar-refractivity contribution >= 4 is 17.5 Å². The predicted molar refractivity (Wildman–Crippen MR) is 53.5 cm³/mol. The summed E-state index contributed by atoms with van der Waals surface area (Å²) < 4.78 is 12.7. The van der Waals surface area contributed by atoms with E-state index < -0.39 is 5.82 Å². The summed E-state index contributed by atoms with van der Waals surface area (Å²) in [6.07, 6.45) is 1.17. The van der Waals surface area contributed by atoms with E-state index >= 15 is 0 Å². The molecule has 0 atom stereocenters. The minimum atomic E-state index is -0.467. The maximum Gasteiger partial charge on any atom is 0.243 e. The number of hydrogen-bond donors (Lipinski definition) is 1. The lowest BCUT2D eigenvalue weighted by Gasteiger charge is -2.03. The smallest absolute Gasteiger partial charge is 0.243 e. The first-order valence-electron chi connectivity index (χ1n) is 3.97. The van der Waals surface area contributed by atoms with E-state index in [1.807, 2.05) is 0 Å². The van der Waals surface area contributed by atoms with Gasteiger partial charge in [0.05, 0.1) is 5.02 Å². The van der Waals surface area contributed by atoms with E-state index in [4.69, 9.17) is 11.6 Å². The normalized spacial score (nSPS) is 9.57. The minimum Gasteiger partial charge on any atom is -0.348 e. The van der Waals surface area contributed by atoms with E-state index in [-0.39, 0.29) is 10.9 Å². The zero-order valence-corrected chi connectivity index (χ0v) is 8.14. The van der Waals surface area contributed by atoms with E-state index in [0.29, 0.717) is 6.54 Å². The minimum absolute atomic E-state index is 0.0513. The number of amides is 1. The van der Waals surface area contributed by atoms with E-state index in [1.54, 1.807) is 6.07 Å². The van der Waals surface area contributed by atoms with Gasteiger partial charge in [0.25, 0.3) is 0 Å². The topological polar surface area (TPSA) is 29.1 Å². The second-order valence-electron chi connectivity index (χ2n) is 2.67. The Morgan fingerprint density at radius 1 is 1.64 bits per heavy atom. The van der Waals surface area contributed by atoms with Crippen molar-refractivity contribution in [3.05, 3.63) is 47.3 Å². The van der Waals surface area contributed by atoms with Crippen molar-refractivity contribution in [3.63, 3.8) is 0 Å². The Morgan fingerprint density at radius 2 is 2.36 bits per heavy atom. The van der Waals surface area contributed by atoms with Crippen LogP contribution in [0.1, 0.15) is 5.56 Å². The SMILES string of the molecule is C=CC(=O)NCc1ccc(F)c(Cl)c1.